The van der Waals surface area contributed by atoms with Gasteiger partial charge >= 0.3 is 6.03 Å². The first-order chi connectivity index (χ1) is 11.4. The van der Waals surface area contributed by atoms with Gasteiger partial charge in [-0.1, -0.05) is 30.3 Å². The lowest BCUT2D eigenvalue weighted by Gasteiger charge is -2.24. The van der Waals surface area contributed by atoms with Crippen LogP contribution in [0.3, 0.4) is 0 Å². The molecule has 7 heteroatoms. The molecule has 1 aromatic heterocycles. The number of urea groups is 1. The number of nitrogens with zero attached hydrogens (tertiary/aromatic N) is 2. The SMILES string of the molecule is CN(Cc1ccc(Br)s1)CN1C(=O)N[C@](C)(c2ccccc2)C1=O. The second-order valence-electron chi connectivity index (χ2n) is 6.02. The normalized spacial score (nSPS) is 20.8. The number of rotatable bonds is 5. The molecule has 1 fully saturated rings. The summed E-state index contributed by atoms with van der Waals surface area (Å²) in [6, 6.07) is 13.0. The van der Waals surface area contributed by atoms with E-state index in [0.29, 0.717) is 6.54 Å². The van der Waals surface area contributed by atoms with Crippen molar-refractivity contribution < 1.29 is 9.59 Å². The number of hydrogen-bond acceptors (Lipinski definition) is 4. The fourth-order valence-electron chi connectivity index (χ4n) is 2.79. The molecule has 5 nitrogen and oxygen atoms in total. The zero-order valence-corrected chi connectivity index (χ0v) is 15.9. The number of hydrogen-bond donors (Lipinski definition) is 1. The van der Waals surface area contributed by atoms with Crippen LogP contribution in [0.5, 0.6) is 0 Å². The van der Waals surface area contributed by atoms with Crippen LogP contribution in [0.2, 0.25) is 0 Å². The lowest BCUT2D eigenvalue weighted by atomic mass is 9.92. The van der Waals surface area contributed by atoms with Crippen LogP contribution in [0.15, 0.2) is 46.3 Å². The third kappa shape index (κ3) is 3.24. The van der Waals surface area contributed by atoms with Crippen molar-refractivity contribution >= 4 is 39.2 Å². The minimum atomic E-state index is -1.01. The van der Waals surface area contributed by atoms with Crippen molar-refractivity contribution in [1.82, 2.24) is 15.1 Å². The Balaban J connectivity index is 1.72. The molecule has 1 atom stereocenters. The van der Waals surface area contributed by atoms with Gasteiger partial charge in [-0.15, -0.1) is 11.3 Å². The molecule has 0 bridgehead atoms. The van der Waals surface area contributed by atoms with E-state index >= 15 is 0 Å². The lowest BCUT2D eigenvalue weighted by Crippen LogP contribution is -2.42. The van der Waals surface area contributed by atoms with Gasteiger partial charge in [0.25, 0.3) is 5.91 Å². The van der Waals surface area contributed by atoms with Gasteiger partial charge in [-0.25, -0.2) is 9.69 Å². The van der Waals surface area contributed by atoms with E-state index < -0.39 is 5.54 Å². The smallest absolute Gasteiger partial charge is 0.319 e. The van der Waals surface area contributed by atoms with Crippen molar-refractivity contribution in [3.05, 3.63) is 56.7 Å². The van der Waals surface area contributed by atoms with Gasteiger partial charge in [0.05, 0.1) is 10.5 Å². The molecule has 24 heavy (non-hydrogen) atoms. The van der Waals surface area contributed by atoms with Crippen LogP contribution >= 0.6 is 27.3 Å². The number of nitrogens with one attached hydrogen (secondary N) is 1. The van der Waals surface area contributed by atoms with Crippen LogP contribution in [0.25, 0.3) is 0 Å². The Morgan fingerprint density at radius 3 is 2.54 bits per heavy atom. The van der Waals surface area contributed by atoms with E-state index in [2.05, 4.69) is 21.2 Å². The lowest BCUT2D eigenvalue weighted by molar-refractivity contribution is -0.132. The van der Waals surface area contributed by atoms with Crippen LogP contribution < -0.4 is 5.32 Å². The summed E-state index contributed by atoms with van der Waals surface area (Å²) in [7, 11) is 1.90. The first kappa shape index (κ1) is 17.1. The van der Waals surface area contributed by atoms with Gasteiger partial charge in [-0.3, -0.25) is 9.69 Å². The third-order valence-electron chi connectivity index (χ3n) is 4.06. The molecule has 1 aromatic carbocycles. The molecule has 0 spiro atoms. The number of benzene rings is 1. The molecular formula is C17H18BrN3O2S. The summed E-state index contributed by atoms with van der Waals surface area (Å²) in [4.78, 5) is 29.6. The molecule has 0 saturated carbocycles. The molecule has 0 radical (unpaired) electrons. The van der Waals surface area contributed by atoms with Gasteiger partial charge in [0.1, 0.15) is 5.54 Å². The highest BCUT2D eigenvalue weighted by atomic mass is 79.9. The maximum atomic E-state index is 12.8. The summed E-state index contributed by atoms with van der Waals surface area (Å²) in [5.41, 5.74) is -0.221. The summed E-state index contributed by atoms with van der Waals surface area (Å²) in [5, 5.41) is 2.83. The van der Waals surface area contributed by atoms with Crippen LogP contribution in [0.1, 0.15) is 17.4 Å². The van der Waals surface area contributed by atoms with Gasteiger partial charge in [-0.05, 0) is 47.6 Å². The monoisotopic (exact) mass is 407 g/mol. The number of halogens is 1. The second kappa shape index (κ2) is 6.66. The van der Waals surface area contributed by atoms with Crippen molar-refractivity contribution in [3.8, 4) is 0 Å². The number of carbonyl (C=O) groups excluding carboxylic acids is 2. The molecule has 3 rings (SSSR count). The Hall–Kier alpha value is -1.70. The molecule has 2 aromatic rings. The molecule has 1 saturated heterocycles. The van der Waals surface area contributed by atoms with Crippen LogP contribution in [-0.4, -0.2) is 35.5 Å². The zero-order valence-electron chi connectivity index (χ0n) is 13.5. The predicted molar refractivity (Wildman–Crippen MR) is 97.5 cm³/mol. The predicted octanol–water partition coefficient (Wildman–Crippen LogP) is 3.37. The van der Waals surface area contributed by atoms with E-state index in [9.17, 15) is 9.59 Å². The standard InChI is InChI=1S/C17H18BrN3O2S/c1-17(12-6-4-3-5-7-12)15(22)21(16(23)19-17)11-20(2)10-13-8-9-14(18)24-13/h3-9H,10-11H2,1-2H3,(H,19,23)/t17-/m1/s1. The number of imide groups is 1. The third-order valence-corrected chi connectivity index (χ3v) is 5.67. The maximum absolute atomic E-state index is 12.8. The minimum Gasteiger partial charge on any atom is -0.319 e. The topological polar surface area (TPSA) is 52.6 Å². The number of carbonyl (C=O) groups is 2. The van der Waals surface area contributed by atoms with E-state index in [-0.39, 0.29) is 18.6 Å². The molecule has 126 valence electrons. The fourth-order valence-corrected chi connectivity index (χ4v) is 4.35. The van der Waals surface area contributed by atoms with Crippen LogP contribution in [-0.2, 0) is 16.9 Å². The zero-order chi connectivity index (χ0) is 17.3. The molecular weight excluding hydrogens is 390 g/mol. The summed E-state index contributed by atoms with van der Waals surface area (Å²) in [6.45, 7) is 2.68. The molecule has 1 N–H and O–H groups in total. The molecule has 1 aliphatic heterocycles. The van der Waals surface area contributed by atoms with Gasteiger partial charge in [0.15, 0.2) is 0 Å². The molecule has 0 aliphatic carbocycles. The van der Waals surface area contributed by atoms with E-state index in [1.807, 2.05) is 54.4 Å². The van der Waals surface area contributed by atoms with Crippen molar-refractivity contribution in [2.75, 3.05) is 13.7 Å². The molecule has 2 heterocycles. The highest BCUT2D eigenvalue weighted by Crippen LogP contribution is 2.29. The maximum Gasteiger partial charge on any atom is 0.326 e. The summed E-state index contributed by atoms with van der Waals surface area (Å²) >= 11 is 5.08. The highest BCUT2D eigenvalue weighted by molar-refractivity contribution is 9.11. The Bertz CT molecular complexity index is 764. The van der Waals surface area contributed by atoms with Gasteiger partial charge in [-0.2, -0.15) is 0 Å². The molecule has 3 amide bonds. The van der Waals surface area contributed by atoms with Gasteiger partial charge < -0.3 is 5.32 Å². The summed E-state index contributed by atoms with van der Waals surface area (Å²) < 4.78 is 1.07. The average Bonchev–Trinajstić information content (AvgIpc) is 3.05. The van der Waals surface area contributed by atoms with Crippen LogP contribution in [0.4, 0.5) is 4.79 Å². The Labute approximate surface area is 153 Å². The molecule has 1 aliphatic rings. The summed E-state index contributed by atoms with van der Waals surface area (Å²) in [5.74, 6) is -0.224. The first-order valence-corrected chi connectivity index (χ1v) is 9.13. The quantitative estimate of drug-likeness (QED) is 0.772. The molecule has 0 unspecified atom stereocenters. The van der Waals surface area contributed by atoms with E-state index in [4.69, 9.17) is 0 Å². The van der Waals surface area contributed by atoms with E-state index in [0.717, 1.165) is 9.35 Å². The number of amides is 3. The second-order valence-corrected chi connectivity index (χ2v) is 8.56. The summed E-state index contributed by atoms with van der Waals surface area (Å²) in [6.07, 6.45) is 0. The average molecular weight is 408 g/mol. The van der Waals surface area contributed by atoms with Crippen molar-refractivity contribution in [1.29, 1.82) is 0 Å². The minimum absolute atomic E-state index is 0.224. The van der Waals surface area contributed by atoms with E-state index in [1.165, 1.54) is 9.78 Å². The van der Waals surface area contributed by atoms with Crippen LogP contribution in [0, 0.1) is 0 Å². The van der Waals surface area contributed by atoms with Gasteiger partial charge in [0.2, 0.25) is 0 Å². The Morgan fingerprint density at radius 1 is 1.21 bits per heavy atom. The highest BCUT2D eigenvalue weighted by Gasteiger charge is 2.49. The first-order valence-electron chi connectivity index (χ1n) is 7.52. The fraction of sp³-hybridized carbons (Fsp3) is 0.294. The van der Waals surface area contributed by atoms with Crippen molar-refractivity contribution in [2.24, 2.45) is 0 Å². The van der Waals surface area contributed by atoms with Crippen molar-refractivity contribution in [2.45, 2.75) is 19.0 Å². The Morgan fingerprint density at radius 2 is 1.92 bits per heavy atom. The Kier molecular flexibility index (Phi) is 4.76. The number of thiophene rings is 1. The largest absolute Gasteiger partial charge is 0.326 e. The van der Waals surface area contributed by atoms with Crippen molar-refractivity contribution in [3.63, 3.8) is 0 Å². The van der Waals surface area contributed by atoms with Gasteiger partial charge in [0, 0.05) is 11.4 Å². The van der Waals surface area contributed by atoms with E-state index in [1.54, 1.807) is 18.3 Å².